The number of unbranched alkanes of at least 4 members (excludes halogenated alkanes) is 4. The van der Waals surface area contributed by atoms with Gasteiger partial charge in [0.2, 0.25) is 0 Å². The highest BCUT2D eigenvalue weighted by atomic mass is 32.1. The summed E-state index contributed by atoms with van der Waals surface area (Å²) in [5.41, 5.74) is 7.93. The Kier molecular flexibility index (Phi) is 5.71. The highest BCUT2D eigenvalue weighted by Crippen LogP contribution is 2.33. The first-order chi connectivity index (χ1) is 8.81. The Hall–Kier alpha value is -0.340. The zero-order valence-electron chi connectivity index (χ0n) is 11.7. The summed E-state index contributed by atoms with van der Waals surface area (Å²) in [6.45, 7) is 2.27. The van der Waals surface area contributed by atoms with Gasteiger partial charge >= 0.3 is 0 Å². The van der Waals surface area contributed by atoms with E-state index in [1.54, 1.807) is 10.4 Å². The molecule has 0 aromatic carbocycles. The third-order valence-corrected chi connectivity index (χ3v) is 5.37. The van der Waals surface area contributed by atoms with Gasteiger partial charge in [-0.25, -0.2) is 0 Å². The van der Waals surface area contributed by atoms with Gasteiger partial charge < -0.3 is 5.73 Å². The summed E-state index contributed by atoms with van der Waals surface area (Å²) in [7, 11) is 0. The molecule has 0 fully saturated rings. The van der Waals surface area contributed by atoms with E-state index in [1.165, 1.54) is 69.1 Å². The quantitative estimate of drug-likeness (QED) is 0.691. The number of aryl methyl sites for hydroxylation is 2. The van der Waals surface area contributed by atoms with Gasteiger partial charge in [0.1, 0.15) is 0 Å². The van der Waals surface area contributed by atoms with Crippen molar-refractivity contribution in [1.82, 2.24) is 0 Å². The van der Waals surface area contributed by atoms with E-state index in [-0.39, 0.29) is 0 Å². The summed E-state index contributed by atoms with van der Waals surface area (Å²) in [4.78, 5) is 3.06. The Balaban J connectivity index is 1.78. The Morgan fingerprint density at radius 1 is 1.17 bits per heavy atom. The van der Waals surface area contributed by atoms with Crippen LogP contribution in [-0.2, 0) is 12.8 Å². The van der Waals surface area contributed by atoms with E-state index in [0.29, 0.717) is 6.04 Å². The van der Waals surface area contributed by atoms with Crippen LogP contribution < -0.4 is 5.73 Å². The lowest BCUT2D eigenvalue weighted by atomic mass is 9.98. The first-order valence-electron chi connectivity index (χ1n) is 7.68. The molecule has 0 bridgehead atoms. The summed E-state index contributed by atoms with van der Waals surface area (Å²) in [6.07, 6.45) is 13.2. The van der Waals surface area contributed by atoms with E-state index in [2.05, 4.69) is 13.0 Å². The molecule has 1 unspecified atom stereocenters. The summed E-state index contributed by atoms with van der Waals surface area (Å²) < 4.78 is 0. The topological polar surface area (TPSA) is 26.0 Å². The highest BCUT2D eigenvalue weighted by Gasteiger charge is 2.16. The third kappa shape index (κ3) is 3.83. The molecule has 2 N–H and O–H groups in total. The molecule has 2 heteroatoms. The van der Waals surface area contributed by atoms with E-state index in [9.17, 15) is 0 Å². The smallest absolute Gasteiger partial charge is 0.0389 e. The van der Waals surface area contributed by atoms with Crippen molar-refractivity contribution >= 4 is 11.3 Å². The van der Waals surface area contributed by atoms with E-state index in [1.807, 2.05) is 11.3 Å². The minimum atomic E-state index is 0.294. The molecule has 0 radical (unpaired) electrons. The van der Waals surface area contributed by atoms with E-state index in [4.69, 9.17) is 5.73 Å². The van der Waals surface area contributed by atoms with Crippen LogP contribution >= 0.6 is 11.3 Å². The summed E-state index contributed by atoms with van der Waals surface area (Å²) in [6, 6.07) is 2.69. The molecule has 102 valence electrons. The predicted octanol–water partition coefficient (Wildman–Crippen LogP) is 4.99. The Bertz CT molecular complexity index is 332. The minimum Gasteiger partial charge on any atom is -0.323 e. The number of fused-ring (bicyclic) bond motifs is 1. The Labute approximate surface area is 116 Å². The number of nitrogens with two attached hydrogens (primary N) is 1. The monoisotopic (exact) mass is 265 g/mol. The Morgan fingerprint density at radius 3 is 2.72 bits per heavy atom. The van der Waals surface area contributed by atoms with Crippen LogP contribution in [0.3, 0.4) is 0 Å². The third-order valence-electron chi connectivity index (χ3n) is 4.00. The molecule has 1 heterocycles. The fourth-order valence-electron chi connectivity index (χ4n) is 2.81. The molecule has 0 saturated carbocycles. The normalized spacial score (nSPS) is 16.6. The second kappa shape index (κ2) is 7.30. The van der Waals surface area contributed by atoms with Gasteiger partial charge in [0.05, 0.1) is 0 Å². The standard InChI is InChI=1S/C16H27NS/c1-2-3-4-5-6-10-14(17)16-12-13-9-7-8-11-15(13)18-16/h12,14H,2-11,17H2,1H3. The average Bonchev–Trinajstić information content (AvgIpc) is 2.82. The van der Waals surface area contributed by atoms with E-state index < -0.39 is 0 Å². The molecular formula is C16H27NS. The summed E-state index contributed by atoms with van der Waals surface area (Å²) in [5, 5.41) is 0. The molecule has 0 saturated heterocycles. The summed E-state index contributed by atoms with van der Waals surface area (Å²) in [5.74, 6) is 0. The van der Waals surface area contributed by atoms with E-state index in [0.717, 1.165) is 0 Å². The van der Waals surface area contributed by atoms with Gasteiger partial charge in [0.25, 0.3) is 0 Å². The van der Waals surface area contributed by atoms with Crippen molar-refractivity contribution < 1.29 is 0 Å². The molecule has 1 aliphatic carbocycles. The molecule has 0 aliphatic heterocycles. The van der Waals surface area contributed by atoms with Gasteiger partial charge in [0, 0.05) is 15.8 Å². The Morgan fingerprint density at radius 2 is 1.94 bits per heavy atom. The van der Waals surface area contributed by atoms with Crippen LogP contribution in [-0.4, -0.2) is 0 Å². The largest absolute Gasteiger partial charge is 0.323 e. The molecule has 1 aromatic heterocycles. The highest BCUT2D eigenvalue weighted by molar-refractivity contribution is 7.12. The zero-order chi connectivity index (χ0) is 12.8. The van der Waals surface area contributed by atoms with Gasteiger partial charge in [-0.05, 0) is 43.7 Å². The van der Waals surface area contributed by atoms with Crippen LogP contribution in [0.2, 0.25) is 0 Å². The molecule has 1 aromatic rings. The van der Waals surface area contributed by atoms with Crippen LogP contribution in [0, 0.1) is 0 Å². The number of hydrogen-bond donors (Lipinski definition) is 1. The second-order valence-electron chi connectivity index (χ2n) is 5.61. The SMILES string of the molecule is CCCCCCCC(N)c1cc2c(s1)CCCC2. The lowest BCUT2D eigenvalue weighted by Crippen LogP contribution is -2.08. The fourth-order valence-corrected chi connectivity index (χ4v) is 4.10. The average molecular weight is 265 g/mol. The van der Waals surface area contributed by atoms with Crippen molar-refractivity contribution in [3.05, 3.63) is 21.4 Å². The van der Waals surface area contributed by atoms with E-state index >= 15 is 0 Å². The molecule has 1 aliphatic rings. The predicted molar refractivity (Wildman–Crippen MR) is 81.3 cm³/mol. The number of hydrogen-bond acceptors (Lipinski definition) is 2. The van der Waals surface area contributed by atoms with Gasteiger partial charge in [-0.2, -0.15) is 0 Å². The number of rotatable bonds is 7. The minimum absolute atomic E-state index is 0.294. The summed E-state index contributed by atoms with van der Waals surface area (Å²) >= 11 is 1.99. The van der Waals surface area contributed by atoms with Crippen molar-refractivity contribution in [2.75, 3.05) is 0 Å². The van der Waals surface area contributed by atoms with Crippen molar-refractivity contribution in [1.29, 1.82) is 0 Å². The fraction of sp³-hybridized carbons (Fsp3) is 0.750. The van der Waals surface area contributed by atoms with Crippen LogP contribution in [0.5, 0.6) is 0 Å². The molecular weight excluding hydrogens is 238 g/mol. The maximum atomic E-state index is 6.33. The van der Waals surface area contributed by atoms with Gasteiger partial charge in [0.15, 0.2) is 0 Å². The van der Waals surface area contributed by atoms with Crippen LogP contribution in [0.15, 0.2) is 6.07 Å². The number of thiophene rings is 1. The first kappa shape index (κ1) is 14.1. The molecule has 2 rings (SSSR count). The molecule has 0 spiro atoms. The molecule has 0 amide bonds. The van der Waals surface area contributed by atoms with Gasteiger partial charge in [-0.15, -0.1) is 11.3 Å². The molecule has 1 nitrogen and oxygen atoms in total. The molecule has 18 heavy (non-hydrogen) atoms. The van der Waals surface area contributed by atoms with Crippen LogP contribution in [0.1, 0.15) is 79.6 Å². The van der Waals surface area contributed by atoms with Crippen molar-refractivity contribution in [3.8, 4) is 0 Å². The lowest BCUT2D eigenvalue weighted by molar-refractivity contribution is 0.559. The van der Waals surface area contributed by atoms with Crippen molar-refractivity contribution in [2.24, 2.45) is 5.73 Å². The van der Waals surface area contributed by atoms with Crippen LogP contribution in [0.25, 0.3) is 0 Å². The maximum Gasteiger partial charge on any atom is 0.0389 e. The van der Waals surface area contributed by atoms with Crippen LogP contribution in [0.4, 0.5) is 0 Å². The zero-order valence-corrected chi connectivity index (χ0v) is 12.5. The van der Waals surface area contributed by atoms with Gasteiger partial charge in [-0.3, -0.25) is 0 Å². The van der Waals surface area contributed by atoms with Gasteiger partial charge in [-0.1, -0.05) is 39.0 Å². The first-order valence-corrected chi connectivity index (χ1v) is 8.50. The maximum absolute atomic E-state index is 6.33. The van der Waals surface area contributed by atoms with Crippen molar-refractivity contribution in [2.45, 2.75) is 77.2 Å². The van der Waals surface area contributed by atoms with Crippen molar-refractivity contribution in [3.63, 3.8) is 0 Å². The molecule has 1 atom stereocenters. The second-order valence-corrected chi connectivity index (χ2v) is 6.78. The lowest BCUT2D eigenvalue weighted by Gasteiger charge is -2.08.